The Morgan fingerprint density at radius 3 is 2.68 bits per heavy atom. The molecular formula is C12H19F3N2OS. The fourth-order valence-corrected chi connectivity index (χ4v) is 2.60. The molecule has 19 heavy (non-hydrogen) atoms. The van der Waals surface area contributed by atoms with Crippen LogP contribution in [0, 0.1) is 0 Å². The van der Waals surface area contributed by atoms with Crippen LogP contribution in [0.4, 0.5) is 13.2 Å². The van der Waals surface area contributed by atoms with Crippen LogP contribution in [0.5, 0.6) is 0 Å². The van der Waals surface area contributed by atoms with Gasteiger partial charge in [0.25, 0.3) is 0 Å². The van der Waals surface area contributed by atoms with E-state index in [1.54, 1.807) is 7.11 Å². The van der Waals surface area contributed by atoms with Gasteiger partial charge in [0.2, 0.25) is 0 Å². The highest BCUT2D eigenvalue weighted by Gasteiger charge is 2.27. The van der Waals surface area contributed by atoms with Gasteiger partial charge in [0, 0.05) is 31.4 Å². The van der Waals surface area contributed by atoms with Gasteiger partial charge in [0.1, 0.15) is 0 Å². The second-order valence-electron chi connectivity index (χ2n) is 4.20. The van der Waals surface area contributed by atoms with Crippen molar-refractivity contribution in [3.8, 4) is 0 Å². The van der Waals surface area contributed by atoms with Crippen LogP contribution in [0.25, 0.3) is 0 Å². The number of halogens is 3. The minimum absolute atomic E-state index is 0.0569. The molecule has 1 aromatic heterocycles. The molecule has 0 saturated heterocycles. The van der Waals surface area contributed by atoms with E-state index in [1.165, 1.54) is 11.3 Å². The molecule has 0 saturated carbocycles. The van der Waals surface area contributed by atoms with E-state index in [0.717, 1.165) is 23.5 Å². The van der Waals surface area contributed by atoms with E-state index in [-0.39, 0.29) is 6.42 Å². The van der Waals surface area contributed by atoms with Gasteiger partial charge in [-0.25, -0.2) is 4.98 Å². The number of methoxy groups -OCH3 is 1. The molecule has 7 heteroatoms. The maximum absolute atomic E-state index is 12.2. The number of rotatable bonds is 8. The van der Waals surface area contributed by atoms with Crippen molar-refractivity contribution < 1.29 is 17.9 Å². The van der Waals surface area contributed by atoms with Gasteiger partial charge in [0.05, 0.1) is 17.3 Å². The van der Waals surface area contributed by atoms with Crippen molar-refractivity contribution in [2.75, 3.05) is 13.7 Å². The van der Waals surface area contributed by atoms with E-state index in [4.69, 9.17) is 4.74 Å². The van der Waals surface area contributed by atoms with E-state index in [9.17, 15) is 13.2 Å². The first kappa shape index (κ1) is 16.4. The van der Waals surface area contributed by atoms with E-state index < -0.39 is 12.6 Å². The Labute approximate surface area is 115 Å². The van der Waals surface area contributed by atoms with Crippen molar-refractivity contribution in [2.45, 2.75) is 45.5 Å². The number of ether oxygens (including phenoxy) is 1. The molecule has 1 heterocycles. The lowest BCUT2D eigenvalue weighted by Gasteiger charge is -2.02. The molecule has 0 radical (unpaired) electrons. The average molecular weight is 296 g/mol. The summed E-state index contributed by atoms with van der Waals surface area (Å²) >= 11 is 1.34. The van der Waals surface area contributed by atoms with Crippen LogP contribution < -0.4 is 5.32 Å². The maximum atomic E-state index is 12.2. The summed E-state index contributed by atoms with van der Waals surface area (Å²) < 4.78 is 41.6. The van der Waals surface area contributed by atoms with Gasteiger partial charge in [-0.3, -0.25) is 0 Å². The molecule has 0 aliphatic rings. The van der Waals surface area contributed by atoms with Crippen LogP contribution in [0.2, 0.25) is 0 Å². The molecule has 0 bridgehead atoms. The molecule has 1 aromatic rings. The van der Waals surface area contributed by atoms with Gasteiger partial charge >= 0.3 is 6.18 Å². The van der Waals surface area contributed by atoms with Gasteiger partial charge in [-0.1, -0.05) is 6.92 Å². The first-order chi connectivity index (χ1) is 8.96. The summed E-state index contributed by atoms with van der Waals surface area (Å²) in [6.07, 6.45) is -4.00. The first-order valence-corrected chi connectivity index (χ1v) is 7.01. The molecule has 0 aliphatic heterocycles. The summed E-state index contributed by atoms with van der Waals surface area (Å²) in [6.45, 7) is 3.91. The Bertz CT molecular complexity index is 380. The molecule has 110 valence electrons. The zero-order chi connectivity index (χ0) is 14.3. The lowest BCUT2D eigenvalue weighted by Crippen LogP contribution is -2.14. The van der Waals surface area contributed by atoms with Gasteiger partial charge in [-0.2, -0.15) is 13.2 Å². The largest absolute Gasteiger partial charge is 0.389 e. The van der Waals surface area contributed by atoms with Crippen molar-refractivity contribution in [3.63, 3.8) is 0 Å². The van der Waals surface area contributed by atoms with Crippen LogP contribution in [0.15, 0.2) is 0 Å². The van der Waals surface area contributed by atoms with Crippen LogP contribution in [0.1, 0.15) is 35.3 Å². The van der Waals surface area contributed by atoms with Gasteiger partial charge < -0.3 is 10.1 Å². The van der Waals surface area contributed by atoms with Crippen molar-refractivity contribution in [3.05, 3.63) is 15.6 Å². The summed E-state index contributed by atoms with van der Waals surface area (Å²) in [5.41, 5.74) is 0.744. The molecule has 3 nitrogen and oxygen atoms in total. The zero-order valence-corrected chi connectivity index (χ0v) is 12.0. The summed E-state index contributed by atoms with van der Waals surface area (Å²) in [4.78, 5) is 5.20. The number of thiazole rings is 1. The number of hydrogen-bond acceptors (Lipinski definition) is 4. The van der Waals surface area contributed by atoms with Crippen LogP contribution in [-0.2, 0) is 24.3 Å². The Balaban J connectivity index is 2.64. The second-order valence-corrected chi connectivity index (χ2v) is 5.37. The second kappa shape index (κ2) is 7.81. The normalized spacial score (nSPS) is 12.1. The molecular weight excluding hydrogens is 277 g/mol. The van der Waals surface area contributed by atoms with Gasteiger partial charge in [-0.15, -0.1) is 11.3 Å². The third-order valence-electron chi connectivity index (χ3n) is 2.44. The van der Waals surface area contributed by atoms with E-state index in [1.807, 2.05) is 0 Å². The summed E-state index contributed by atoms with van der Waals surface area (Å²) in [7, 11) is 1.55. The fraction of sp³-hybridized carbons (Fsp3) is 0.750. The predicted octanol–water partition coefficient (Wildman–Crippen LogP) is 3.28. The summed E-state index contributed by atoms with van der Waals surface area (Å²) in [5, 5.41) is 3.75. The molecule has 0 unspecified atom stereocenters. The lowest BCUT2D eigenvalue weighted by molar-refractivity contribution is -0.134. The predicted molar refractivity (Wildman–Crippen MR) is 69.2 cm³/mol. The molecule has 1 N–H and O–H groups in total. The SMILES string of the molecule is CCCNCc1sc(CCC(F)(F)F)nc1COC. The minimum atomic E-state index is -4.13. The van der Waals surface area contributed by atoms with Crippen molar-refractivity contribution >= 4 is 11.3 Å². The molecule has 0 amide bonds. The Kier molecular flexibility index (Phi) is 6.74. The monoisotopic (exact) mass is 296 g/mol. The Hall–Kier alpha value is -0.660. The molecule has 0 aromatic carbocycles. The highest BCUT2D eigenvalue weighted by atomic mass is 32.1. The van der Waals surface area contributed by atoms with Gasteiger partial charge in [-0.05, 0) is 13.0 Å². The Morgan fingerprint density at radius 1 is 1.37 bits per heavy atom. The topological polar surface area (TPSA) is 34.2 Å². The molecule has 0 spiro atoms. The number of nitrogens with zero attached hydrogens (tertiary/aromatic N) is 1. The average Bonchev–Trinajstić information content (AvgIpc) is 2.70. The fourth-order valence-electron chi connectivity index (χ4n) is 1.56. The quantitative estimate of drug-likeness (QED) is 0.748. The third kappa shape index (κ3) is 6.35. The molecule has 0 atom stereocenters. The van der Waals surface area contributed by atoms with E-state index >= 15 is 0 Å². The summed E-state index contributed by atoms with van der Waals surface area (Å²) in [5.74, 6) is 0. The smallest absolute Gasteiger partial charge is 0.378 e. The summed E-state index contributed by atoms with van der Waals surface area (Å²) in [6, 6.07) is 0. The number of alkyl halides is 3. The van der Waals surface area contributed by atoms with Crippen LogP contribution in [-0.4, -0.2) is 24.8 Å². The lowest BCUT2D eigenvalue weighted by atomic mass is 10.3. The number of aryl methyl sites for hydroxylation is 1. The van der Waals surface area contributed by atoms with E-state index in [0.29, 0.717) is 18.2 Å². The van der Waals surface area contributed by atoms with Crippen molar-refractivity contribution in [1.29, 1.82) is 0 Å². The molecule has 0 aliphatic carbocycles. The van der Waals surface area contributed by atoms with Crippen molar-refractivity contribution in [2.24, 2.45) is 0 Å². The number of hydrogen-bond donors (Lipinski definition) is 1. The standard InChI is InChI=1S/C12H19F3N2OS/c1-3-6-16-7-10-9(8-18-2)17-11(19-10)4-5-12(13,14)15/h16H,3-8H2,1-2H3. The first-order valence-electron chi connectivity index (χ1n) is 6.20. The maximum Gasteiger partial charge on any atom is 0.389 e. The highest BCUT2D eigenvalue weighted by Crippen LogP contribution is 2.26. The molecule has 1 rings (SSSR count). The Morgan fingerprint density at radius 2 is 2.11 bits per heavy atom. The minimum Gasteiger partial charge on any atom is -0.378 e. The molecule has 0 fully saturated rings. The van der Waals surface area contributed by atoms with Gasteiger partial charge in [0.15, 0.2) is 0 Å². The highest BCUT2D eigenvalue weighted by molar-refractivity contribution is 7.11. The zero-order valence-electron chi connectivity index (χ0n) is 11.1. The number of aromatic nitrogens is 1. The van der Waals surface area contributed by atoms with Crippen molar-refractivity contribution in [1.82, 2.24) is 10.3 Å². The van der Waals surface area contributed by atoms with Crippen LogP contribution >= 0.6 is 11.3 Å². The third-order valence-corrected chi connectivity index (χ3v) is 3.60. The number of nitrogens with one attached hydrogen (secondary N) is 1. The van der Waals surface area contributed by atoms with Crippen LogP contribution in [0.3, 0.4) is 0 Å². The van der Waals surface area contributed by atoms with E-state index in [2.05, 4.69) is 17.2 Å².